The van der Waals surface area contributed by atoms with E-state index in [9.17, 15) is 13.6 Å². The van der Waals surface area contributed by atoms with Crippen molar-refractivity contribution < 1.29 is 13.6 Å². The molecule has 2 heterocycles. The van der Waals surface area contributed by atoms with E-state index in [1.165, 1.54) is 24.5 Å². The predicted octanol–water partition coefficient (Wildman–Crippen LogP) is 4.42. The molecule has 3 rings (SSSR count). The van der Waals surface area contributed by atoms with Crippen molar-refractivity contribution >= 4 is 23.2 Å². The summed E-state index contributed by atoms with van der Waals surface area (Å²) in [5, 5.41) is 7.36. The van der Waals surface area contributed by atoms with Gasteiger partial charge in [0.15, 0.2) is 0 Å². The highest BCUT2D eigenvalue weighted by atomic mass is 35.5. The molecule has 0 radical (unpaired) electrons. The average Bonchev–Trinajstić information content (AvgIpc) is 2.95. The Morgan fingerprint density at radius 1 is 1.28 bits per heavy atom. The van der Waals surface area contributed by atoms with Crippen LogP contribution in [-0.4, -0.2) is 20.7 Å². The van der Waals surface area contributed by atoms with Crippen LogP contribution in [0.15, 0.2) is 48.8 Å². The smallest absolute Gasteiger partial charge is 0.281 e. The number of hydrogen-bond acceptors (Lipinski definition) is 3. The summed E-state index contributed by atoms with van der Waals surface area (Å²) in [6, 6.07) is 9.79. The molecule has 0 fully saturated rings. The predicted molar refractivity (Wildman–Crippen MR) is 90.5 cm³/mol. The number of halogens is 3. The number of amides is 1. The third-order valence-electron chi connectivity index (χ3n) is 3.60. The first kappa shape index (κ1) is 17.0. The third-order valence-corrected chi connectivity index (χ3v) is 3.84. The van der Waals surface area contributed by atoms with Gasteiger partial charge in [0.05, 0.1) is 28.8 Å². The second-order valence-corrected chi connectivity index (χ2v) is 5.66. The van der Waals surface area contributed by atoms with E-state index in [1.807, 2.05) is 6.07 Å². The molecule has 0 atom stereocenters. The van der Waals surface area contributed by atoms with E-state index < -0.39 is 18.0 Å². The highest BCUT2D eigenvalue weighted by molar-refractivity contribution is 6.30. The minimum Gasteiger partial charge on any atom is -0.319 e. The summed E-state index contributed by atoms with van der Waals surface area (Å²) in [4.78, 5) is 15.9. The van der Waals surface area contributed by atoms with Gasteiger partial charge in [-0.2, -0.15) is 5.10 Å². The fourth-order valence-electron chi connectivity index (χ4n) is 2.37. The van der Waals surface area contributed by atoms with E-state index in [0.717, 1.165) is 5.69 Å². The summed E-state index contributed by atoms with van der Waals surface area (Å²) < 4.78 is 27.6. The molecule has 0 saturated heterocycles. The lowest BCUT2D eigenvalue weighted by atomic mass is 10.2. The van der Waals surface area contributed by atoms with Crippen molar-refractivity contribution in [3.05, 3.63) is 70.8 Å². The van der Waals surface area contributed by atoms with E-state index in [0.29, 0.717) is 16.4 Å². The highest BCUT2D eigenvalue weighted by Crippen LogP contribution is 2.24. The van der Waals surface area contributed by atoms with Gasteiger partial charge in [-0.15, -0.1) is 0 Å². The third kappa shape index (κ3) is 3.51. The minimum absolute atomic E-state index is 0.174. The van der Waals surface area contributed by atoms with Gasteiger partial charge in [0.25, 0.3) is 12.3 Å². The van der Waals surface area contributed by atoms with Crippen LogP contribution in [0, 0.1) is 6.92 Å². The molecule has 3 aromatic rings. The maximum atomic E-state index is 13.0. The van der Waals surface area contributed by atoms with Crippen LogP contribution in [0.1, 0.15) is 28.2 Å². The SMILES string of the molecule is Cc1c(NC(=O)c2cccnc2C(F)F)cnn1-c1cccc(Cl)c1. The quantitative estimate of drug-likeness (QED) is 0.747. The molecule has 0 saturated carbocycles. The van der Waals surface area contributed by atoms with E-state index >= 15 is 0 Å². The summed E-state index contributed by atoms with van der Waals surface area (Å²) in [5.41, 5.74) is 1.04. The van der Waals surface area contributed by atoms with Crippen molar-refractivity contribution in [2.24, 2.45) is 0 Å². The lowest BCUT2D eigenvalue weighted by Crippen LogP contribution is -2.16. The summed E-state index contributed by atoms with van der Waals surface area (Å²) in [6.07, 6.45) is -0.162. The zero-order valence-electron chi connectivity index (χ0n) is 13.1. The maximum Gasteiger partial charge on any atom is 0.281 e. The number of rotatable bonds is 4. The Balaban J connectivity index is 1.89. The number of pyridine rings is 1. The summed E-state index contributed by atoms with van der Waals surface area (Å²) >= 11 is 5.98. The normalized spacial score (nSPS) is 10.9. The first-order valence-electron chi connectivity index (χ1n) is 7.32. The van der Waals surface area contributed by atoms with Crippen LogP contribution in [0.25, 0.3) is 5.69 Å². The first-order chi connectivity index (χ1) is 12.0. The number of alkyl halides is 2. The zero-order valence-corrected chi connectivity index (χ0v) is 13.8. The molecular formula is C17H13ClF2N4O. The zero-order chi connectivity index (χ0) is 18.0. The average molecular weight is 363 g/mol. The Kier molecular flexibility index (Phi) is 4.76. The fraction of sp³-hybridized carbons (Fsp3) is 0.118. The summed E-state index contributed by atoms with van der Waals surface area (Å²) in [6.45, 7) is 1.75. The number of nitrogens with one attached hydrogen (secondary N) is 1. The largest absolute Gasteiger partial charge is 0.319 e. The summed E-state index contributed by atoms with van der Waals surface area (Å²) in [5.74, 6) is -0.669. The highest BCUT2D eigenvalue weighted by Gasteiger charge is 2.20. The van der Waals surface area contributed by atoms with Crippen LogP contribution in [0.3, 0.4) is 0 Å². The van der Waals surface area contributed by atoms with Gasteiger partial charge in [0.2, 0.25) is 0 Å². The second-order valence-electron chi connectivity index (χ2n) is 5.23. The van der Waals surface area contributed by atoms with Gasteiger partial charge in [0, 0.05) is 11.2 Å². The molecule has 0 bridgehead atoms. The van der Waals surface area contributed by atoms with Gasteiger partial charge < -0.3 is 5.32 Å². The molecule has 25 heavy (non-hydrogen) atoms. The first-order valence-corrected chi connectivity index (χ1v) is 7.70. The topological polar surface area (TPSA) is 59.8 Å². The minimum atomic E-state index is -2.84. The molecule has 128 valence electrons. The Morgan fingerprint density at radius 3 is 2.80 bits per heavy atom. The number of anilines is 1. The van der Waals surface area contributed by atoms with Crippen molar-refractivity contribution in [3.8, 4) is 5.69 Å². The van der Waals surface area contributed by atoms with E-state index in [4.69, 9.17) is 11.6 Å². The van der Waals surface area contributed by atoms with Crippen molar-refractivity contribution in [2.75, 3.05) is 5.32 Å². The molecule has 0 unspecified atom stereocenters. The van der Waals surface area contributed by atoms with Gasteiger partial charge in [0.1, 0.15) is 5.69 Å². The Hall–Kier alpha value is -2.80. The van der Waals surface area contributed by atoms with Gasteiger partial charge in [-0.1, -0.05) is 17.7 Å². The lowest BCUT2D eigenvalue weighted by molar-refractivity contribution is 0.100. The van der Waals surface area contributed by atoms with Crippen LogP contribution in [0.4, 0.5) is 14.5 Å². The molecule has 0 spiro atoms. The fourth-order valence-corrected chi connectivity index (χ4v) is 2.56. The van der Waals surface area contributed by atoms with Crippen LogP contribution in [0.5, 0.6) is 0 Å². The van der Waals surface area contributed by atoms with Crippen molar-refractivity contribution in [1.82, 2.24) is 14.8 Å². The number of carbonyl (C=O) groups is 1. The van der Waals surface area contributed by atoms with Crippen LogP contribution in [0.2, 0.25) is 5.02 Å². The number of aromatic nitrogens is 3. The molecule has 1 amide bonds. The molecule has 2 aromatic heterocycles. The van der Waals surface area contributed by atoms with Gasteiger partial charge >= 0.3 is 0 Å². The molecule has 0 aliphatic rings. The van der Waals surface area contributed by atoms with Crippen molar-refractivity contribution in [2.45, 2.75) is 13.3 Å². The Bertz CT molecular complexity index is 927. The van der Waals surface area contributed by atoms with E-state index in [1.54, 1.807) is 29.8 Å². The number of nitrogens with zero attached hydrogens (tertiary/aromatic N) is 3. The second kappa shape index (κ2) is 6.98. The molecular weight excluding hydrogens is 350 g/mol. The van der Waals surface area contributed by atoms with E-state index in [-0.39, 0.29) is 5.56 Å². The monoisotopic (exact) mass is 362 g/mol. The number of benzene rings is 1. The molecule has 5 nitrogen and oxygen atoms in total. The maximum absolute atomic E-state index is 13.0. The van der Waals surface area contributed by atoms with Gasteiger partial charge in [-0.3, -0.25) is 9.78 Å². The van der Waals surface area contributed by atoms with Crippen molar-refractivity contribution in [3.63, 3.8) is 0 Å². The van der Waals surface area contributed by atoms with Gasteiger partial charge in [-0.05, 0) is 37.3 Å². The van der Waals surface area contributed by atoms with Crippen LogP contribution >= 0.6 is 11.6 Å². The van der Waals surface area contributed by atoms with Crippen LogP contribution < -0.4 is 5.32 Å². The number of carbonyl (C=O) groups excluding carboxylic acids is 1. The van der Waals surface area contributed by atoms with E-state index in [2.05, 4.69) is 15.4 Å². The standard InChI is InChI=1S/C17H13ClF2N4O/c1-10-14(9-22-24(10)12-5-2-4-11(18)8-12)23-17(25)13-6-3-7-21-15(13)16(19)20/h2-9,16H,1H3,(H,23,25). The van der Waals surface area contributed by atoms with Crippen LogP contribution in [-0.2, 0) is 0 Å². The lowest BCUT2D eigenvalue weighted by Gasteiger charge is -2.09. The number of hydrogen-bond donors (Lipinski definition) is 1. The molecule has 8 heteroatoms. The molecule has 0 aliphatic carbocycles. The van der Waals surface area contributed by atoms with Gasteiger partial charge in [-0.25, -0.2) is 13.5 Å². The summed E-state index contributed by atoms with van der Waals surface area (Å²) in [7, 11) is 0. The molecule has 1 N–H and O–H groups in total. The Labute approximate surface area is 147 Å². The Morgan fingerprint density at radius 2 is 2.08 bits per heavy atom. The molecule has 0 aliphatic heterocycles. The van der Waals surface area contributed by atoms with Crippen molar-refractivity contribution in [1.29, 1.82) is 0 Å². The molecule has 1 aromatic carbocycles.